The lowest BCUT2D eigenvalue weighted by Gasteiger charge is -2.65. The van der Waals surface area contributed by atoms with Crippen LogP contribution in [0.2, 0.25) is 0 Å². The summed E-state index contributed by atoms with van der Waals surface area (Å²) in [5.74, 6) is 3.68. The molecule has 136 valence electrons. The molecule has 4 aliphatic rings. The van der Waals surface area contributed by atoms with Crippen molar-refractivity contribution in [1.29, 1.82) is 0 Å². The molecule has 0 aromatic heterocycles. The fourth-order valence-corrected chi connectivity index (χ4v) is 8.26. The van der Waals surface area contributed by atoms with Crippen molar-refractivity contribution in [3.8, 4) is 0 Å². The second-order valence-electron chi connectivity index (χ2n) is 10.3. The van der Waals surface area contributed by atoms with Gasteiger partial charge in [-0.2, -0.15) is 0 Å². The Bertz CT molecular complexity index is 524. The molecule has 2 unspecified atom stereocenters. The zero-order valence-electron chi connectivity index (χ0n) is 16.4. The van der Waals surface area contributed by atoms with E-state index in [0.717, 1.165) is 24.2 Å². The monoisotopic (exact) mass is 330 g/mol. The molecular formula is C23H38O. The summed E-state index contributed by atoms with van der Waals surface area (Å²) in [4.78, 5) is 0. The van der Waals surface area contributed by atoms with E-state index in [1.165, 1.54) is 51.4 Å². The van der Waals surface area contributed by atoms with Crippen LogP contribution in [0.15, 0.2) is 12.2 Å². The van der Waals surface area contributed by atoms with Crippen molar-refractivity contribution in [2.75, 3.05) is 0 Å². The van der Waals surface area contributed by atoms with Gasteiger partial charge in [0.15, 0.2) is 0 Å². The van der Waals surface area contributed by atoms with Gasteiger partial charge in [0.2, 0.25) is 0 Å². The topological polar surface area (TPSA) is 20.2 Å². The Kier molecular flexibility index (Phi) is 4.00. The van der Waals surface area contributed by atoms with Crippen molar-refractivity contribution in [3.63, 3.8) is 0 Å². The number of hydrogen-bond acceptors (Lipinski definition) is 1. The van der Waals surface area contributed by atoms with E-state index >= 15 is 0 Å². The van der Waals surface area contributed by atoms with Crippen molar-refractivity contribution in [2.45, 2.75) is 91.1 Å². The van der Waals surface area contributed by atoms with Crippen molar-refractivity contribution < 1.29 is 5.11 Å². The van der Waals surface area contributed by atoms with Crippen molar-refractivity contribution in [2.24, 2.45) is 40.4 Å². The Morgan fingerprint density at radius 3 is 2.42 bits per heavy atom. The minimum Gasteiger partial charge on any atom is -0.389 e. The molecule has 0 bridgehead atoms. The molecule has 0 aromatic carbocycles. The molecule has 1 heteroatoms. The van der Waals surface area contributed by atoms with E-state index in [-0.39, 0.29) is 11.0 Å². The van der Waals surface area contributed by atoms with Crippen LogP contribution < -0.4 is 0 Å². The second-order valence-corrected chi connectivity index (χ2v) is 10.3. The van der Waals surface area contributed by atoms with Gasteiger partial charge >= 0.3 is 0 Å². The van der Waals surface area contributed by atoms with Crippen LogP contribution in [0.5, 0.6) is 0 Å². The first-order valence-electron chi connectivity index (χ1n) is 10.7. The lowest BCUT2D eigenvalue weighted by Crippen LogP contribution is -2.62. The lowest BCUT2D eigenvalue weighted by molar-refractivity contribution is -0.209. The predicted molar refractivity (Wildman–Crippen MR) is 101 cm³/mol. The highest BCUT2D eigenvalue weighted by molar-refractivity contribution is 5.17. The largest absolute Gasteiger partial charge is 0.389 e. The average Bonchev–Trinajstić information content (AvgIpc) is 2.86. The van der Waals surface area contributed by atoms with Gasteiger partial charge in [-0.1, -0.05) is 32.9 Å². The van der Waals surface area contributed by atoms with Crippen LogP contribution in [-0.4, -0.2) is 10.7 Å². The predicted octanol–water partition coefficient (Wildman–Crippen LogP) is 5.97. The Labute approximate surface area is 149 Å². The number of rotatable bonds is 1. The zero-order chi connectivity index (χ0) is 17.2. The molecule has 0 spiro atoms. The molecule has 0 saturated heterocycles. The van der Waals surface area contributed by atoms with Crippen LogP contribution in [0.4, 0.5) is 0 Å². The maximum absolute atomic E-state index is 11.8. The van der Waals surface area contributed by atoms with Gasteiger partial charge < -0.3 is 5.11 Å². The van der Waals surface area contributed by atoms with E-state index < -0.39 is 0 Å². The Morgan fingerprint density at radius 2 is 1.67 bits per heavy atom. The molecule has 1 N–H and O–H groups in total. The fraction of sp³-hybridized carbons (Fsp3) is 0.913. The first-order valence-corrected chi connectivity index (χ1v) is 10.7. The third-order valence-electron chi connectivity index (χ3n) is 9.64. The van der Waals surface area contributed by atoms with Crippen LogP contribution in [0.3, 0.4) is 0 Å². The Morgan fingerprint density at radius 1 is 0.917 bits per heavy atom. The summed E-state index contributed by atoms with van der Waals surface area (Å²) < 4.78 is 0. The van der Waals surface area contributed by atoms with Crippen LogP contribution in [0, 0.1) is 40.4 Å². The number of fused-ring (bicyclic) bond motifs is 5. The standard InChI is InChI=1S/C23H38O/c1-5-7-18-16(2)8-9-17-10-11-20-19(22(17,18)4)12-15-21(3)13-6-14-23(20,21)24/h5,7,16-20,24H,6,8-15H2,1-4H3/t16?,17-,18?,19-,20+,21-,22+,23-/m0/s1. The minimum absolute atomic E-state index is 0.202. The van der Waals surface area contributed by atoms with Crippen LogP contribution in [0.1, 0.15) is 85.5 Å². The molecule has 1 nitrogen and oxygen atoms in total. The normalized spacial score (nSPS) is 57.5. The molecule has 4 saturated carbocycles. The van der Waals surface area contributed by atoms with Gasteiger partial charge in [0, 0.05) is 0 Å². The molecule has 0 aromatic rings. The molecule has 0 aliphatic heterocycles. The van der Waals surface area contributed by atoms with Gasteiger partial charge in [-0.25, -0.2) is 0 Å². The molecule has 0 heterocycles. The van der Waals surface area contributed by atoms with Gasteiger partial charge in [0.05, 0.1) is 5.60 Å². The van der Waals surface area contributed by atoms with Gasteiger partial charge in [-0.05, 0) is 105 Å². The highest BCUT2D eigenvalue weighted by Crippen LogP contribution is 2.69. The lowest BCUT2D eigenvalue weighted by atomic mass is 9.41. The summed E-state index contributed by atoms with van der Waals surface area (Å²) in [5.41, 5.74) is 0.242. The summed E-state index contributed by atoms with van der Waals surface area (Å²) in [6.07, 6.45) is 16.5. The molecule has 4 fully saturated rings. The first-order chi connectivity index (χ1) is 11.4. The SMILES string of the molecule is CC=CC1C(C)CC[C@H]2CC[C@@H]3[C@H](CC[C@]4(C)CCC[C@]34O)[C@@]12C. The van der Waals surface area contributed by atoms with Gasteiger partial charge in [-0.15, -0.1) is 0 Å². The van der Waals surface area contributed by atoms with Gasteiger partial charge in [0.25, 0.3) is 0 Å². The smallest absolute Gasteiger partial charge is 0.0731 e. The van der Waals surface area contributed by atoms with E-state index in [1.807, 2.05) is 0 Å². The number of hydrogen-bond donors (Lipinski definition) is 1. The quantitative estimate of drug-likeness (QED) is 0.587. The molecule has 0 amide bonds. The van der Waals surface area contributed by atoms with E-state index in [1.54, 1.807) is 0 Å². The summed E-state index contributed by atoms with van der Waals surface area (Å²) in [7, 11) is 0. The van der Waals surface area contributed by atoms with Crippen LogP contribution >= 0.6 is 0 Å². The Hall–Kier alpha value is -0.300. The molecule has 8 atom stereocenters. The first kappa shape index (κ1) is 17.1. The zero-order valence-corrected chi connectivity index (χ0v) is 16.4. The van der Waals surface area contributed by atoms with Crippen molar-refractivity contribution >= 4 is 0 Å². The van der Waals surface area contributed by atoms with E-state index in [4.69, 9.17) is 0 Å². The van der Waals surface area contributed by atoms with Crippen LogP contribution in [-0.2, 0) is 0 Å². The molecule has 4 rings (SSSR count). The van der Waals surface area contributed by atoms with Crippen LogP contribution in [0.25, 0.3) is 0 Å². The second kappa shape index (κ2) is 5.60. The van der Waals surface area contributed by atoms with Gasteiger partial charge in [-0.3, -0.25) is 0 Å². The van der Waals surface area contributed by atoms with E-state index in [9.17, 15) is 5.11 Å². The van der Waals surface area contributed by atoms with E-state index in [2.05, 4.69) is 39.8 Å². The third kappa shape index (κ3) is 2.03. The molecular weight excluding hydrogens is 292 g/mol. The van der Waals surface area contributed by atoms with E-state index in [0.29, 0.717) is 17.3 Å². The highest BCUT2D eigenvalue weighted by atomic mass is 16.3. The summed E-state index contributed by atoms with van der Waals surface area (Å²) in [6.45, 7) is 9.70. The van der Waals surface area contributed by atoms with Crippen molar-refractivity contribution in [1.82, 2.24) is 0 Å². The maximum atomic E-state index is 11.8. The maximum Gasteiger partial charge on any atom is 0.0731 e. The highest BCUT2D eigenvalue weighted by Gasteiger charge is 2.65. The number of aliphatic hydroxyl groups is 1. The summed E-state index contributed by atoms with van der Waals surface area (Å²) in [6, 6.07) is 0. The number of allylic oxidation sites excluding steroid dienone is 2. The molecule has 0 radical (unpaired) electrons. The Balaban J connectivity index is 1.75. The molecule has 24 heavy (non-hydrogen) atoms. The summed E-state index contributed by atoms with van der Waals surface area (Å²) in [5, 5.41) is 11.8. The van der Waals surface area contributed by atoms with Crippen molar-refractivity contribution in [3.05, 3.63) is 12.2 Å². The summed E-state index contributed by atoms with van der Waals surface area (Å²) >= 11 is 0. The third-order valence-corrected chi connectivity index (χ3v) is 9.64. The minimum atomic E-state index is -0.370. The average molecular weight is 331 g/mol. The van der Waals surface area contributed by atoms with Gasteiger partial charge in [0.1, 0.15) is 0 Å². The fourth-order valence-electron chi connectivity index (χ4n) is 8.26. The molecule has 4 aliphatic carbocycles.